The number of halogens is 1. The number of esters is 1. The van der Waals surface area contributed by atoms with E-state index < -0.39 is 10.9 Å². The Balaban J connectivity index is 2.66. The molecule has 0 aliphatic carbocycles. The summed E-state index contributed by atoms with van der Waals surface area (Å²) in [5.41, 5.74) is 0.349. The second-order valence-electron chi connectivity index (χ2n) is 3.08. The number of nitrogens with one attached hydrogen (secondary N) is 1. The van der Waals surface area contributed by atoms with Gasteiger partial charge < -0.3 is 10.1 Å². The number of nitrogens with zero attached hydrogens (tertiary/aromatic N) is 1. The molecule has 0 spiro atoms. The van der Waals surface area contributed by atoms with Gasteiger partial charge in [0, 0.05) is 12.1 Å². The lowest BCUT2D eigenvalue weighted by Crippen LogP contribution is -2.16. The van der Waals surface area contributed by atoms with Crippen LogP contribution in [0.3, 0.4) is 0 Å². The molecule has 6 nitrogen and oxygen atoms in total. The maximum Gasteiger partial charge on any atom is 0.325 e. The van der Waals surface area contributed by atoms with E-state index in [0.29, 0.717) is 12.3 Å². The van der Waals surface area contributed by atoms with E-state index in [4.69, 9.17) is 16.3 Å². The molecule has 17 heavy (non-hydrogen) atoms. The minimum atomic E-state index is -0.541. The van der Waals surface area contributed by atoms with Gasteiger partial charge in [0.05, 0.1) is 22.2 Å². The van der Waals surface area contributed by atoms with Gasteiger partial charge in [-0.05, 0) is 13.0 Å². The fraction of sp³-hybridized carbons (Fsp3) is 0.300. The lowest BCUT2D eigenvalue weighted by atomic mass is 10.3. The minimum absolute atomic E-state index is 0.0363. The van der Waals surface area contributed by atoms with E-state index in [2.05, 4.69) is 5.32 Å². The van der Waals surface area contributed by atoms with Crippen LogP contribution >= 0.6 is 11.6 Å². The second-order valence-corrected chi connectivity index (χ2v) is 3.49. The van der Waals surface area contributed by atoms with Gasteiger partial charge in [-0.25, -0.2) is 0 Å². The molecule has 0 saturated carbocycles. The molecule has 1 aromatic rings. The van der Waals surface area contributed by atoms with Crippen molar-refractivity contribution < 1.29 is 14.5 Å². The van der Waals surface area contributed by atoms with Crippen LogP contribution in [0.5, 0.6) is 0 Å². The first kappa shape index (κ1) is 13.2. The van der Waals surface area contributed by atoms with Gasteiger partial charge in [0.15, 0.2) is 0 Å². The third kappa shape index (κ3) is 3.92. The highest BCUT2D eigenvalue weighted by molar-refractivity contribution is 6.33. The monoisotopic (exact) mass is 258 g/mol. The number of carbonyl (C=O) groups excluding carboxylic acids is 1. The van der Waals surface area contributed by atoms with Gasteiger partial charge in [0.1, 0.15) is 6.54 Å². The normalized spacial score (nSPS) is 9.76. The number of nitro groups is 1. The van der Waals surface area contributed by atoms with Crippen LogP contribution in [0, 0.1) is 10.1 Å². The van der Waals surface area contributed by atoms with E-state index in [0.717, 1.165) is 0 Å². The smallest absolute Gasteiger partial charge is 0.325 e. The lowest BCUT2D eigenvalue weighted by Gasteiger charge is -2.07. The van der Waals surface area contributed by atoms with Gasteiger partial charge in [-0.2, -0.15) is 0 Å². The molecule has 0 heterocycles. The highest BCUT2D eigenvalue weighted by atomic mass is 35.5. The Kier molecular flexibility index (Phi) is 4.71. The van der Waals surface area contributed by atoms with Gasteiger partial charge in [-0.15, -0.1) is 0 Å². The molecular formula is C10H11ClN2O4. The van der Waals surface area contributed by atoms with Gasteiger partial charge >= 0.3 is 5.97 Å². The van der Waals surface area contributed by atoms with Crippen molar-refractivity contribution in [2.24, 2.45) is 0 Å². The van der Waals surface area contributed by atoms with E-state index in [1.165, 1.54) is 18.2 Å². The quantitative estimate of drug-likeness (QED) is 0.497. The third-order valence-corrected chi connectivity index (χ3v) is 2.20. The van der Waals surface area contributed by atoms with Crippen molar-refractivity contribution >= 4 is 28.9 Å². The minimum Gasteiger partial charge on any atom is -0.465 e. The van der Waals surface area contributed by atoms with E-state index in [1.807, 2.05) is 0 Å². The molecule has 0 radical (unpaired) electrons. The van der Waals surface area contributed by atoms with Gasteiger partial charge in [0.2, 0.25) is 0 Å². The van der Waals surface area contributed by atoms with Crippen LogP contribution in [0.2, 0.25) is 5.02 Å². The Morgan fingerprint density at radius 3 is 2.82 bits per heavy atom. The van der Waals surface area contributed by atoms with Crippen LogP contribution in [0.25, 0.3) is 0 Å². The number of rotatable bonds is 5. The van der Waals surface area contributed by atoms with Crippen LogP contribution in [0.15, 0.2) is 18.2 Å². The number of non-ortho nitro benzene ring substituents is 1. The van der Waals surface area contributed by atoms with E-state index in [-0.39, 0.29) is 17.3 Å². The number of hydrogen-bond acceptors (Lipinski definition) is 5. The van der Waals surface area contributed by atoms with Crippen LogP contribution in [-0.4, -0.2) is 24.0 Å². The average molecular weight is 259 g/mol. The van der Waals surface area contributed by atoms with Gasteiger partial charge in [-0.3, -0.25) is 14.9 Å². The van der Waals surface area contributed by atoms with E-state index >= 15 is 0 Å². The molecule has 0 bridgehead atoms. The van der Waals surface area contributed by atoms with Crippen molar-refractivity contribution in [2.45, 2.75) is 6.92 Å². The van der Waals surface area contributed by atoms with E-state index in [1.54, 1.807) is 6.92 Å². The van der Waals surface area contributed by atoms with Crippen molar-refractivity contribution in [1.29, 1.82) is 0 Å². The molecule has 7 heteroatoms. The molecule has 1 N–H and O–H groups in total. The molecule has 1 rings (SSSR count). The third-order valence-electron chi connectivity index (χ3n) is 1.89. The lowest BCUT2D eigenvalue weighted by molar-refractivity contribution is -0.384. The predicted octanol–water partition coefficient (Wildman–Crippen LogP) is 2.22. The number of nitro benzene ring substituents is 1. The number of ether oxygens (including phenoxy) is 1. The fourth-order valence-electron chi connectivity index (χ4n) is 1.14. The number of anilines is 1. The van der Waals surface area contributed by atoms with Crippen molar-refractivity contribution in [2.75, 3.05) is 18.5 Å². The first-order valence-corrected chi connectivity index (χ1v) is 5.25. The Morgan fingerprint density at radius 1 is 1.59 bits per heavy atom. The Bertz CT molecular complexity index is 436. The average Bonchev–Trinajstić information content (AvgIpc) is 2.27. The molecule has 0 saturated heterocycles. The largest absolute Gasteiger partial charge is 0.465 e. The number of hydrogen-bond donors (Lipinski definition) is 1. The molecule has 0 aliphatic heterocycles. The first-order valence-electron chi connectivity index (χ1n) is 4.88. The summed E-state index contributed by atoms with van der Waals surface area (Å²) in [6.45, 7) is 1.97. The summed E-state index contributed by atoms with van der Waals surface area (Å²) < 4.78 is 4.71. The molecule has 0 unspecified atom stereocenters. The van der Waals surface area contributed by atoms with Crippen LogP contribution in [0.1, 0.15) is 6.92 Å². The van der Waals surface area contributed by atoms with Gasteiger partial charge in [-0.1, -0.05) is 11.6 Å². The summed E-state index contributed by atoms with van der Waals surface area (Å²) in [5.74, 6) is -0.415. The number of benzene rings is 1. The second kappa shape index (κ2) is 6.05. The molecule has 0 fully saturated rings. The number of carbonyl (C=O) groups is 1. The van der Waals surface area contributed by atoms with Crippen molar-refractivity contribution in [1.82, 2.24) is 0 Å². The topological polar surface area (TPSA) is 81.5 Å². The maximum absolute atomic E-state index is 11.1. The molecule has 1 aromatic carbocycles. The molecule has 0 atom stereocenters. The molecule has 92 valence electrons. The van der Waals surface area contributed by atoms with Crippen molar-refractivity contribution in [3.8, 4) is 0 Å². The first-order chi connectivity index (χ1) is 8.04. The summed E-state index contributed by atoms with van der Waals surface area (Å²) >= 11 is 5.81. The molecule has 0 aromatic heterocycles. The summed E-state index contributed by atoms with van der Waals surface area (Å²) in [6.07, 6.45) is 0. The SMILES string of the molecule is CCOC(=O)CNc1ccc([N+](=O)[O-])cc1Cl. The fourth-order valence-corrected chi connectivity index (χ4v) is 1.38. The summed E-state index contributed by atoms with van der Waals surface area (Å²) in [6, 6.07) is 3.97. The summed E-state index contributed by atoms with van der Waals surface area (Å²) in [7, 11) is 0. The Labute approximate surface area is 103 Å². The molecular weight excluding hydrogens is 248 g/mol. The van der Waals surface area contributed by atoms with Crippen LogP contribution in [0.4, 0.5) is 11.4 Å². The highest BCUT2D eigenvalue weighted by Crippen LogP contribution is 2.26. The summed E-state index contributed by atoms with van der Waals surface area (Å²) in [5, 5.41) is 13.4. The maximum atomic E-state index is 11.1. The van der Waals surface area contributed by atoms with Crippen LogP contribution in [-0.2, 0) is 9.53 Å². The van der Waals surface area contributed by atoms with Crippen LogP contribution < -0.4 is 5.32 Å². The zero-order chi connectivity index (χ0) is 12.8. The zero-order valence-electron chi connectivity index (χ0n) is 9.10. The van der Waals surface area contributed by atoms with Crippen molar-refractivity contribution in [3.05, 3.63) is 33.3 Å². The zero-order valence-corrected chi connectivity index (χ0v) is 9.86. The predicted molar refractivity (Wildman–Crippen MR) is 63.2 cm³/mol. The van der Waals surface area contributed by atoms with Gasteiger partial charge in [0.25, 0.3) is 5.69 Å². The highest BCUT2D eigenvalue weighted by Gasteiger charge is 2.10. The molecule has 0 aliphatic rings. The van der Waals surface area contributed by atoms with Crippen molar-refractivity contribution in [3.63, 3.8) is 0 Å². The standard InChI is InChI=1S/C10H11ClN2O4/c1-2-17-10(14)6-12-9-4-3-7(13(15)16)5-8(9)11/h3-5,12H,2,6H2,1H3. The molecule has 0 amide bonds. The Hall–Kier alpha value is -1.82. The van der Waals surface area contributed by atoms with E-state index in [9.17, 15) is 14.9 Å². The Morgan fingerprint density at radius 2 is 2.29 bits per heavy atom. The summed E-state index contributed by atoms with van der Waals surface area (Å²) in [4.78, 5) is 21.0.